The summed E-state index contributed by atoms with van der Waals surface area (Å²) in [4.78, 5) is 12.3. The predicted molar refractivity (Wildman–Crippen MR) is 83.2 cm³/mol. The van der Waals surface area contributed by atoms with Crippen LogP contribution in [-0.4, -0.2) is 46.4 Å². The molecule has 22 heavy (non-hydrogen) atoms. The summed E-state index contributed by atoms with van der Waals surface area (Å²) >= 11 is 0. The number of carbonyl (C=O) groups excluding carboxylic acids is 1. The molecule has 1 aliphatic heterocycles. The highest BCUT2D eigenvalue weighted by atomic mass is 16.3. The van der Waals surface area contributed by atoms with Crippen LogP contribution in [0.5, 0.6) is 0 Å². The Balaban J connectivity index is 1.53. The number of amides is 1. The van der Waals surface area contributed by atoms with E-state index in [0.717, 1.165) is 44.3 Å². The molecular formula is C16H26N4O2. The number of H-pyrrole nitrogens is 1. The van der Waals surface area contributed by atoms with Gasteiger partial charge in [-0.3, -0.25) is 9.89 Å². The Morgan fingerprint density at radius 1 is 1.36 bits per heavy atom. The smallest absolute Gasteiger partial charge is 0.220 e. The molecule has 0 spiro atoms. The molecule has 6 nitrogen and oxygen atoms in total. The highest BCUT2D eigenvalue weighted by Crippen LogP contribution is 2.35. The molecule has 2 heterocycles. The lowest BCUT2D eigenvalue weighted by molar-refractivity contribution is -0.123. The first-order valence-corrected chi connectivity index (χ1v) is 8.38. The summed E-state index contributed by atoms with van der Waals surface area (Å²) in [7, 11) is 0. The topological polar surface area (TPSA) is 90.0 Å². The SMILES string of the molecule is O=C(CCc1cn[nH]c1)NC(C1CCNCC1)C1CC(O)C1. The number of nitrogens with one attached hydrogen (secondary N) is 3. The van der Waals surface area contributed by atoms with E-state index in [1.54, 1.807) is 6.20 Å². The number of hydrogen-bond acceptors (Lipinski definition) is 4. The minimum absolute atomic E-state index is 0.117. The van der Waals surface area contributed by atoms with E-state index >= 15 is 0 Å². The van der Waals surface area contributed by atoms with Gasteiger partial charge in [-0.2, -0.15) is 5.10 Å². The van der Waals surface area contributed by atoms with E-state index in [1.165, 1.54) is 0 Å². The lowest BCUT2D eigenvalue weighted by Crippen LogP contribution is -2.52. The van der Waals surface area contributed by atoms with Crippen LogP contribution in [0.25, 0.3) is 0 Å². The van der Waals surface area contributed by atoms with Gasteiger partial charge >= 0.3 is 0 Å². The number of piperidine rings is 1. The van der Waals surface area contributed by atoms with E-state index < -0.39 is 0 Å². The summed E-state index contributed by atoms with van der Waals surface area (Å²) in [6.45, 7) is 2.06. The second kappa shape index (κ2) is 7.24. The first-order valence-electron chi connectivity index (χ1n) is 8.38. The fourth-order valence-corrected chi connectivity index (χ4v) is 3.68. The van der Waals surface area contributed by atoms with Crippen molar-refractivity contribution in [2.45, 2.75) is 50.7 Å². The van der Waals surface area contributed by atoms with E-state index in [0.29, 0.717) is 24.7 Å². The van der Waals surface area contributed by atoms with E-state index in [4.69, 9.17) is 0 Å². The number of aliphatic hydroxyl groups is 1. The van der Waals surface area contributed by atoms with Crippen molar-refractivity contribution in [2.24, 2.45) is 11.8 Å². The van der Waals surface area contributed by atoms with Gasteiger partial charge in [-0.15, -0.1) is 0 Å². The van der Waals surface area contributed by atoms with Crippen molar-refractivity contribution < 1.29 is 9.90 Å². The molecule has 1 aromatic rings. The Bertz CT molecular complexity index is 465. The van der Waals surface area contributed by atoms with Crippen LogP contribution < -0.4 is 10.6 Å². The van der Waals surface area contributed by atoms with Gasteiger partial charge in [0, 0.05) is 18.7 Å². The second-order valence-corrected chi connectivity index (χ2v) is 6.67. The molecule has 6 heteroatoms. The lowest BCUT2D eigenvalue weighted by atomic mass is 9.71. The molecule has 0 bridgehead atoms. The minimum Gasteiger partial charge on any atom is -0.393 e. The zero-order valence-corrected chi connectivity index (χ0v) is 12.9. The monoisotopic (exact) mass is 306 g/mol. The van der Waals surface area contributed by atoms with Gasteiger partial charge in [-0.05, 0) is 62.6 Å². The Morgan fingerprint density at radius 3 is 2.77 bits per heavy atom. The molecular weight excluding hydrogens is 280 g/mol. The fourth-order valence-electron chi connectivity index (χ4n) is 3.68. The van der Waals surface area contributed by atoms with Crippen LogP contribution in [0.4, 0.5) is 0 Å². The molecule has 4 N–H and O–H groups in total. The summed E-state index contributed by atoms with van der Waals surface area (Å²) in [5, 5.41) is 22.9. The average Bonchev–Trinajstić information content (AvgIpc) is 3.02. The highest BCUT2D eigenvalue weighted by molar-refractivity contribution is 5.76. The van der Waals surface area contributed by atoms with Crippen LogP contribution in [0.15, 0.2) is 12.4 Å². The summed E-state index contributed by atoms with van der Waals surface area (Å²) in [5.41, 5.74) is 1.06. The standard InChI is InChI=1S/C16H26N4O2/c21-14-7-13(8-14)16(12-3-5-17-6-4-12)20-15(22)2-1-11-9-18-19-10-11/h9-10,12-14,16-17,21H,1-8H2,(H,18,19)(H,20,22). The Kier molecular flexibility index (Phi) is 5.10. The summed E-state index contributed by atoms with van der Waals surface area (Å²) < 4.78 is 0. The third-order valence-corrected chi connectivity index (χ3v) is 5.07. The Morgan fingerprint density at radius 2 is 2.14 bits per heavy atom. The number of aromatic amines is 1. The molecule has 1 aliphatic carbocycles. The van der Waals surface area contributed by atoms with E-state index in [1.807, 2.05) is 6.20 Å². The summed E-state index contributed by atoms with van der Waals surface area (Å²) in [5.74, 6) is 1.10. The molecule has 1 aromatic heterocycles. The quantitative estimate of drug-likeness (QED) is 0.619. The van der Waals surface area contributed by atoms with Crippen molar-refractivity contribution in [3.05, 3.63) is 18.0 Å². The van der Waals surface area contributed by atoms with E-state index in [-0.39, 0.29) is 18.1 Å². The number of aryl methyl sites for hydroxylation is 1. The molecule has 1 amide bonds. The first-order chi connectivity index (χ1) is 10.7. The van der Waals surface area contributed by atoms with Crippen molar-refractivity contribution in [3.63, 3.8) is 0 Å². The van der Waals surface area contributed by atoms with Gasteiger partial charge in [0.2, 0.25) is 5.91 Å². The van der Waals surface area contributed by atoms with Gasteiger partial charge in [0.1, 0.15) is 0 Å². The summed E-state index contributed by atoms with van der Waals surface area (Å²) in [6.07, 6.45) is 8.52. The normalized spacial score (nSPS) is 27.1. The number of aliphatic hydroxyl groups excluding tert-OH is 1. The van der Waals surface area contributed by atoms with Gasteiger partial charge in [-0.1, -0.05) is 0 Å². The van der Waals surface area contributed by atoms with Crippen LogP contribution in [0.3, 0.4) is 0 Å². The minimum atomic E-state index is -0.169. The van der Waals surface area contributed by atoms with Crippen molar-refractivity contribution in [1.82, 2.24) is 20.8 Å². The molecule has 122 valence electrons. The van der Waals surface area contributed by atoms with Crippen LogP contribution in [-0.2, 0) is 11.2 Å². The molecule has 2 aliphatic rings. The van der Waals surface area contributed by atoms with Gasteiger partial charge in [0.25, 0.3) is 0 Å². The molecule has 0 aromatic carbocycles. The van der Waals surface area contributed by atoms with Crippen LogP contribution in [0, 0.1) is 11.8 Å². The first kappa shape index (κ1) is 15.5. The zero-order valence-electron chi connectivity index (χ0n) is 12.9. The third-order valence-electron chi connectivity index (χ3n) is 5.07. The maximum Gasteiger partial charge on any atom is 0.220 e. The lowest BCUT2D eigenvalue weighted by Gasteiger charge is -2.43. The van der Waals surface area contributed by atoms with Gasteiger partial charge in [0.15, 0.2) is 0 Å². The Hall–Kier alpha value is -1.40. The van der Waals surface area contributed by atoms with Crippen LogP contribution >= 0.6 is 0 Å². The second-order valence-electron chi connectivity index (χ2n) is 6.67. The highest BCUT2D eigenvalue weighted by Gasteiger charge is 2.38. The third kappa shape index (κ3) is 3.87. The molecule has 1 atom stereocenters. The van der Waals surface area contributed by atoms with Gasteiger partial charge in [0.05, 0.1) is 12.3 Å². The summed E-state index contributed by atoms with van der Waals surface area (Å²) in [6, 6.07) is 0.224. The van der Waals surface area contributed by atoms with E-state index in [2.05, 4.69) is 20.8 Å². The maximum atomic E-state index is 12.3. The number of hydrogen-bond donors (Lipinski definition) is 4. The van der Waals surface area contributed by atoms with Gasteiger partial charge in [-0.25, -0.2) is 0 Å². The maximum absolute atomic E-state index is 12.3. The van der Waals surface area contributed by atoms with Crippen molar-refractivity contribution in [2.75, 3.05) is 13.1 Å². The number of carbonyl (C=O) groups is 1. The number of rotatable bonds is 6. The molecule has 2 fully saturated rings. The number of nitrogens with zero attached hydrogens (tertiary/aromatic N) is 1. The van der Waals surface area contributed by atoms with Crippen LogP contribution in [0.1, 0.15) is 37.7 Å². The average molecular weight is 306 g/mol. The zero-order chi connectivity index (χ0) is 15.4. The molecule has 1 saturated carbocycles. The molecule has 1 unspecified atom stereocenters. The van der Waals surface area contributed by atoms with Crippen molar-refractivity contribution in [3.8, 4) is 0 Å². The van der Waals surface area contributed by atoms with Gasteiger partial charge < -0.3 is 15.7 Å². The Labute approximate surface area is 131 Å². The van der Waals surface area contributed by atoms with Crippen LogP contribution in [0.2, 0.25) is 0 Å². The molecule has 3 rings (SSSR count). The fraction of sp³-hybridized carbons (Fsp3) is 0.750. The molecule has 1 saturated heterocycles. The van der Waals surface area contributed by atoms with Crippen molar-refractivity contribution >= 4 is 5.91 Å². The molecule has 0 radical (unpaired) electrons. The number of aromatic nitrogens is 2. The predicted octanol–water partition coefficient (Wildman–Crippen LogP) is 0.598. The van der Waals surface area contributed by atoms with E-state index in [9.17, 15) is 9.90 Å². The van der Waals surface area contributed by atoms with Crippen molar-refractivity contribution in [1.29, 1.82) is 0 Å². The largest absolute Gasteiger partial charge is 0.393 e.